The van der Waals surface area contributed by atoms with Crippen LogP contribution in [0, 0.1) is 11.7 Å². The molecule has 0 spiro atoms. The molecule has 1 heterocycles. The minimum Gasteiger partial charge on any atom is -0.487 e. The third-order valence-electron chi connectivity index (χ3n) is 5.96. The highest BCUT2D eigenvalue weighted by molar-refractivity contribution is 7.89. The number of likely N-dealkylation sites (N-methyl/N-ethyl adjacent to an activating group) is 1. The van der Waals surface area contributed by atoms with Crippen LogP contribution in [0.4, 0.5) is 4.39 Å². The number of carbonyl (C=O) groups excluding carboxylic acids is 1. The van der Waals surface area contributed by atoms with Crippen LogP contribution in [0.3, 0.4) is 0 Å². The molecule has 184 valence electrons. The lowest BCUT2D eigenvalue weighted by atomic mass is 10.0. The molecule has 34 heavy (non-hydrogen) atoms. The minimum absolute atomic E-state index is 0.000960. The van der Waals surface area contributed by atoms with Gasteiger partial charge in [-0.2, -0.15) is 4.31 Å². The summed E-state index contributed by atoms with van der Waals surface area (Å²) in [5.41, 5.74) is 0.721. The predicted octanol–water partition coefficient (Wildman–Crippen LogP) is 3.40. The highest BCUT2D eigenvalue weighted by Gasteiger charge is 2.38. The van der Waals surface area contributed by atoms with E-state index < -0.39 is 33.9 Å². The summed E-state index contributed by atoms with van der Waals surface area (Å²) in [6.45, 7) is 5.20. The number of amides is 1. The monoisotopic (exact) mass is 490 g/mol. The van der Waals surface area contributed by atoms with Gasteiger partial charge in [0.2, 0.25) is 10.0 Å². The van der Waals surface area contributed by atoms with Crippen LogP contribution < -0.4 is 4.74 Å². The van der Waals surface area contributed by atoms with Gasteiger partial charge in [0.15, 0.2) is 0 Å². The van der Waals surface area contributed by atoms with Crippen molar-refractivity contribution in [3.05, 3.63) is 65.5 Å². The topological polar surface area (TPSA) is 87.2 Å². The smallest absolute Gasteiger partial charge is 0.256 e. The summed E-state index contributed by atoms with van der Waals surface area (Å²) >= 11 is 0. The number of aliphatic hydroxyl groups is 1. The maximum absolute atomic E-state index is 14.2. The lowest BCUT2D eigenvalue weighted by Gasteiger charge is -2.37. The summed E-state index contributed by atoms with van der Waals surface area (Å²) < 4.78 is 48.6. The highest BCUT2D eigenvalue weighted by atomic mass is 32.2. The van der Waals surface area contributed by atoms with E-state index in [1.54, 1.807) is 32.2 Å². The second-order valence-electron chi connectivity index (χ2n) is 8.61. The van der Waals surface area contributed by atoms with Gasteiger partial charge in [0.05, 0.1) is 18.7 Å². The first kappa shape index (κ1) is 25.9. The highest BCUT2D eigenvalue weighted by Crippen LogP contribution is 2.34. The molecule has 0 aromatic heterocycles. The zero-order chi connectivity index (χ0) is 25.0. The number of carbonyl (C=O) groups is 1. The second kappa shape index (κ2) is 10.7. The fourth-order valence-corrected chi connectivity index (χ4v) is 5.78. The van der Waals surface area contributed by atoms with Crippen LogP contribution in [-0.2, 0) is 10.0 Å². The SMILES string of the molecule is C/C=C/c1ccc2c(c1)O[C@H](CN(C)C(=O)c1ccccc1F)[C@H](C)CN([C@@H](C)CO)S2(=O)=O. The number of benzene rings is 2. The van der Waals surface area contributed by atoms with Crippen molar-refractivity contribution in [2.45, 2.75) is 37.8 Å². The predicted molar refractivity (Wildman–Crippen MR) is 129 cm³/mol. The molecule has 0 aliphatic carbocycles. The first-order valence-corrected chi connectivity index (χ1v) is 12.6. The van der Waals surface area contributed by atoms with Crippen LogP contribution in [0.15, 0.2) is 53.4 Å². The summed E-state index contributed by atoms with van der Waals surface area (Å²) in [4.78, 5) is 14.3. The summed E-state index contributed by atoms with van der Waals surface area (Å²) in [7, 11) is -2.38. The van der Waals surface area contributed by atoms with E-state index in [1.165, 1.54) is 33.5 Å². The van der Waals surface area contributed by atoms with Crippen molar-refractivity contribution >= 4 is 22.0 Å². The summed E-state index contributed by atoms with van der Waals surface area (Å²) in [5.74, 6) is -1.26. The van der Waals surface area contributed by atoms with Gasteiger partial charge in [-0.3, -0.25) is 4.79 Å². The number of ether oxygens (including phenoxy) is 1. The molecule has 2 aromatic carbocycles. The van der Waals surface area contributed by atoms with Crippen molar-refractivity contribution in [2.75, 3.05) is 26.7 Å². The number of hydrogen-bond acceptors (Lipinski definition) is 5. The maximum Gasteiger partial charge on any atom is 0.256 e. The summed E-state index contributed by atoms with van der Waals surface area (Å²) in [5, 5.41) is 9.73. The van der Waals surface area contributed by atoms with Gasteiger partial charge in [-0.25, -0.2) is 12.8 Å². The largest absolute Gasteiger partial charge is 0.487 e. The van der Waals surface area contributed by atoms with Gasteiger partial charge in [-0.15, -0.1) is 0 Å². The van der Waals surface area contributed by atoms with Crippen molar-refractivity contribution in [1.29, 1.82) is 0 Å². The number of fused-ring (bicyclic) bond motifs is 1. The molecule has 3 rings (SSSR count). The molecule has 0 unspecified atom stereocenters. The van der Waals surface area contributed by atoms with E-state index in [2.05, 4.69) is 0 Å². The van der Waals surface area contributed by atoms with Crippen LogP contribution in [-0.4, -0.2) is 67.5 Å². The van der Waals surface area contributed by atoms with Crippen LogP contribution in [0.2, 0.25) is 0 Å². The number of hydrogen-bond donors (Lipinski definition) is 1. The first-order chi connectivity index (χ1) is 16.1. The van der Waals surface area contributed by atoms with E-state index in [0.717, 1.165) is 5.56 Å². The van der Waals surface area contributed by atoms with Crippen molar-refractivity contribution in [3.8, 4) is 5.75 Å². The Kier molecular flexibility index (Phi) is 8.12. The van der Waals surface area contributed by atoms with Crippen LogP contribution in [0.1, 0.15) is 36.7 Å². The van der Waals surface area contributed by atoms with Gasteiger partial charge < -0.3 is 14.7 Å². The third-order valence-corrected chi connectivity index (χ3v) is 7.97. The molecule has 0 saturated heterocycles. The fraction of sp³-hybridized carbons (Fsp3) is 0.400. The molecule has 1 amide bonds. The molecule has 7 nitrogen and oxygen atoms in total. The third kappa shape index (κ3) is 5.32. The molecule has 0 bridgehead atoms. The zero-order valence-electron chi connectivity index (χ0n) is 19.8. The Bertz CT molecular complexity index is 1170. The van der Waals surface area contributed by atoms with Crippen molar-refractivity contribution in [3.63, 3.8) is 0 Å². The van der Waals surface area contributed by atoms with Crippen molar-refractivity contribution in [1.82, 2.24) is 9.21 Å². The Balaban J connectivity index is 2.01. The number of sulfonamides is 1. The lowest BCUT2D eigenvalue weighted by Crippen LogP contribution is -2.50. The van der Waals surface area contributed by atoms with Crippen LogP contribution in [0.5, 0.6) is 5.75 Å². The molecule has 1 aliphatic rings. The zero-order valence-corrected chi connectivity index (χ0v) is 20.6. The molecule has 0 saturated carbocycles. The molecule has 1 N–H and O–H groups in total. The summed E-state index contributed by atoms with van der Waals surface area (Å²) in [6, 6.07) is 9.96. The Morgan fingerprint density at radius 3 is 2.68 bits per heavy atom. The van der Waals surface area contributed by atoms with Crippen molar-refractivity contribution in [2.24, 2.45) is 5.92 Å². The number of halogens is 1. The molecule has 1 aliphatic heterocycles. The number of nitrogens with zero attached hydrogens (tertiary/aromatic N) is 2. The number of aliphatic hydroxyl groups excluding tert-OH is 1. The molecule has 9 heteroatoms. The first-order valence-electron chi connectivity index (χ1n) is 11.2. The average molecular weight is 491 g/mol. The van der Waals surface area contributed by atoms with Gasteiger partial charge in [0.1, 0.15) is 22.6 Å². The normalized spacial score (nSPS) is 21.2. The molecule has 0 radical (unpaired) electrons. The Morgan fingerprint density at radius 1 is 1.32 bits per heavy atom. The Hall–Kier alpha value is -2.75. The van der Waals surface area contributed by atoms with Gasteiger partial charge in [-0.05, 0) is 43.7 Å². The van der Waals surface area contributed by atoms with Gasteiger partial charge >= 0.3 is 0 Å². The molecule has 0 fully saturated rings. The van der Waals surface area contributed by atoms with E-state index in [1.807, 2.05) is 26.0 Å². The number of allylic oxidation sites excluding steroid dienone is 1. The number of rotatable bonds is 6. The van der Waals surface area contributed by atoms with Crippen LogP contribution in [0.25, 0.3) is 6.08 Å². The van der Waals surface area contributed by atoms with Gasteiger partial charge in [-0.1, -0.05) is 37.3 Å². The van der Waals surface area contributed by atoms with Crippen molar-refractivity contribution < 1.29 is 27.4 Å². The maximum atomic E-state index is 14.2. The second-order valence-corrected chi connectivity index (χ2v) is 10.5. The molecular weight excluding hydrogens is 459 g/mol. The average Bonchev–Trinajstić information content (AvgIpc) is 2.80. The van der Waals surface area contributed by atoms with E-state index in [4.69, 9.17) is 4.74 Å². The molecule has 2 aromatic rings. The minimum atomic E-state index is -3.94. The van der Waals surface area contributed by atoms with Gasteiger partial charge in [0.25, 0.3) is 5.91 Å². The van der Waals surface area contributed by atoms with E-state index in [9.17, 15) is 22.7 Å². The lowest BCUT2D eigenvalue weighted by molar-refractivity contribution is 0.0560. The summed E-state index contributed by atoms with van der Waals surface area (Å²) in [6.07, 6.45) is 3.08. The molecule has 3 atom stereocenters. The quantitative estimate of drug-likeness (QED) is 0.671. The Morgan fingerprint density at radius 2 is 2.03 bits per heavy atom. The van der Waals surface area contributed by atoms with Crippen LogP contribution >= 0.6 is 0 Å². The van der Waals surface area contributed by atoms with E-state index in [0.29, 0.717) is 0 Å². The standard InChI is InChI=1S/C25H31FN2O5S/c1-5-8-19-11-12-24-22(13-19)33-23(17(2)14-28(18(3)16-29)34(24,31)32)15-27(4)25(30)20-9-6-7-10-21(20)26/h5-13,17-18,23,29H,14-16H2,1-4H3/b8-5+/t17-,18+,23-/m1/s1. The fourth-order valence-electron chi connectivity index (χ4n) is 3.95. The Labute approximate surface area is 200 Å². The molecular formula is C25H31FN2O5S. The van der Waals surface area contributed by atoms with E-state index in [-0.39, 0.29) is 41.8 Å². The van der Waals surface area contributed by atoms with Gasteiger partial charge in [0, 0.05) is 25.6 Å². The van der Waals surface area contributed by atoms with E-state index >= 15 is 0 Å².